The highest BCUT2D eigenvalue weighted by atomic mass is 32.2. The third-order valence-corrected chi connectivity index (χ3v) is 3.44. The minimum absolute atomic E-state index is 0.00875. The van der Waals surface area contributed by atoms with E-state index in [1.54, 1.807) is 0 Å². The maximum absolute atomic E-state index is 11.6. The standard InChI is InChI=1S/C8H12N2O4S/c1-4-8(2,3)9-15(12,13)10-5-6-14-7(10)11/h1,9H,5-6H2,2-3H3. The van der Waals surface area contributed by atoms with E-state index in [0.29, 0.717) is 4.31 Å². The van der Waals surface area contributed by atoms with Crippen molar-refractivity contribution < 1.29 is 17.9 Å². The molecular formula is C8H12N2O4S. The highest BCUT2D eigenvalue weighted by Gasteiger charge is 2.36. The first-order valence-electron chi connectivity index (χ1n) is 4.25. The van der Waals surface area contributed by atoms with Gasteiger partial charge in [-0.1, -0.05) is 5.92 Å². The molecule has 0 saturated carbocycles. The van der Waals surface area contributed by atoms with E-state index < -0.39 is 21.8 Å². The summed E-state index contributed by atoms with van der Waals surface area (Å²) in [7, 11) is -3.91. The molecule has 84 valence electrons. The molecule has 0 aromatic carbocycles. The van der Waals surface area contributed by atoms with Gasteiger partial charge in [0, 0.05) is 0 Å². The third kappa shape index (κ3) is 2.61. The summed E-state index contributed by atoms with van der Waals surface area (Å²) in [4.78, 5) is 11.0. The number of ether oxygens (including phenoxy) is 1. The molecule has 6 nitrogen and oxygen atoms in total. The van der Waals surface area contributed by atoms with E-state index in [-0.39, 0.29) is 13.2 Å². The Morgan fingerprint density at radius 2 is 2.20 bits per heavy atom. The molecule has 1 N–H and O–H groups in total. The minimum atomic E-state index is -3.91. The van der Waals surface area contributed by atoms with E-state index >= 15 is 0 Å². The molecule has 0 unspecified atom stereocenters. The average molecular weight is 232 g/mol. The molecule has 1 amide bonds. The predicted octanol–water partition coefficient (Wildman–Crippen LogP) is -0.315. The minimum Gasteiger partial charge on any atom is -0.447 e. The van der Waals surface area contributed by atoms with Crippen molar-refractivity contribution in [1.29, 1.82) is 0 Å². The normalized spacial score (nSPS) is 17.4. The fourth-order valence-corrected chi connectivity index (χ4v) is 2.38. The summed E-state index contributed by atoms with van der Waals surface area (Å²) in [6.45, 7) is 3.11. The molecule has 1 fully saturated rings. The number of terminal acetylenes is 1. The molecule has 1 aliphatic rings. The van der Waals surface area contributed by atoms with Crippen LogP contribution in [0.2, 0.25) is 0 Å². The Morgan fingerprint density at radius 3 is 2.60 bits per heavy atom. The van der Waals surface area contributed by atoms with E-state index in [4.69, 9.17) is 6.42 Å². The molecule has 0 spiro atoms. The maximum atomic E-state index is 11.6. The SMILES string of the molecule is C#CC(C)(C)NS(=O)(=O)N1CCOC1=O. The van der Waals surface area contributed by atoms with Crippen LogP contribution in [0.5, 0.6) is 0 Å². The van der Waals surface area contributed by atoms with Gasteiger partial charge in [0.05, 0.1) is 12.1 Å². The molecular weight excluding hydrogens is 220 g/mol. The zero-order valence-corrected chi connectivity index (χ0v) is 9.30. The van der Waals surface area contributed by atoms with E-state index in [1.165, 1.54) is 13.8 Å². The lowest BCUT2D eigenvalue weighted by atomic mass is 10.1. The predicted molar refractivity (Wildman–Crippen MR) is 53.0 cm³/mol. The Labute approximate surface area is 88.8 Å². The topological polar surface area (TPSA) is 75.7 Å². The first kappa shape index (κ1) is 11.8. The van der Waals surface area contributed by atoms with Gasteiger partial charge in [-0.05, 0) is 13.8 Å². The zero-order chi connectivity index (χ0) is 11.7. The van der Waals surface area contributed by atoms with E-state index in [1.807, 2.05) is 0 Å². The molecule has 0 bridgehead atoms. The lowest BCUT2D eigenvalue weighted by Gasteiger charge is -2.22. The summed E-state index contributed by atoms with van der Waals surface area (Å²) >= 11 is 0. The lowest BCUT2D eigenvalue weighted by molar-refractivity contribution is 0.169. The van der Waals surface area contributed by atoms with Gasteiger partial charge in [-0.25, -0.2) is 4.79 Å². The van der Waals surface area contributed by atoms with Crippen molar-refractivity contribution in [2.75, 3.05) is 13.2 Å². The summed E-state index contributed by atoms with van der Waals surface area (Å²) in [5.41, 5.74) is -1.04. The van der Waals surface area contributed by atoms with Gasteiger partial charge in [0.15, 0.2) is 0 Å². The van der Waals surface area contributed by atoms with Crippen molar-refractivity contribution >= 4 is 16.3 Å². The molecule has 0 aromatic rings. The monoisotopic (exact) mass is 232 g/mol. The van der Waals surface area contributed by atoms with Crippen molar-refractivity contribution in [2.45, 2.75) is 19.4 Å². The highest BCUT2D eigenvalue weighted by Crippen LogP contribution is 2.11. The fraction of sp³-hybridized carbons (Fsp3) is 0.625. The van der Waals surface area contributed by atoms with Gasteiger partial charge in [-0.2, -0.15) is 17.4 Å². The summed E-state index contributed by atoms with van der Waals surface area (Å²) in [6, 6.07) is 0. The first-order chi connectivity index (χ1) is 6.78. The largest absolute Gasteiger partial charge is 0.447 e. The van der Waals surface area contributed by atoms with Gasteiger partial charge < -0.3 is 4.74 Å². The highest BCUT2D eigenvalue weighted by molar-refractivity contribution is 7.87. The summed E-state index contributed by atoms with van der Waals surface area (Å²) < 4.78 is 30.6. The van der Waals surface area contributed by atoms with E-state index in [9.17, 15) is 13.2 Å². The van der Waals surface area contributed by atoms with Crippen LogP contribution in [0.3, 0.4) is 0 Å². The first-order valence-corrected chi connectivity index (χ1v) is 5.69. The van der Waals surface area contributed by atoms with Crippen LogP contribution in [-0.2, 0) is 14.9 Å². The molecule has 1 saturated heterocycles. The number of hydrogen-bond acceptors (Lipinski definition) is 4. The Morgan fingerprint density at radius 1 is 1.60 bits per heavy atom. The lowest BCUT2D eigenvalue weighted by Crippen LogP contribution is -2.49. The Kier molecular flexibility index (Phi) is 2.93. The van der Waals surface area contributed by atoms with Crippen LogP contribution in [0.1, 0.15) is 13.8 Å². The quantitative estimate of drug-likeness (QED) is 0.677. The number of nitrogens with zero attached hydrogens (tertiary/aromatic N) is 1. The number of nitrogens with one attached hydrogen (secondary N) is 1. The van der Waals surface area contributed by atoms with Crippen molar-refractivity contribution in [3.63, 3.8) is 0 Å². The molecule has 0 aliphatic carbocycles. The summed E-state index contributed by atoms with van der Waals surface area (Å²) in [5.74, 6) is 2.27. The number of cyclic esters (lactones) is 1. The van der Waals surface area contributed by atoms with Gasteiger partial charge >= 0.3 is 16.3 Å². The molecule has 1 rings (SSSR count). The van der Waals surface area contributed by atoms with Crippen LogP contribution < -0.4 is 4.72 Å². The summed E-state index contributed by atoms with van der Waals surface area (Å²) in [6.07, 6.45) is 4.26. The second-order valence-corrected chi connectivity index (χ2v) is 5.16. The Balaban J connectivity index is 2.86. The molecule has 7 heteroatoms. The van der Waals surface area contributed by atoms with Crippen LogP contribution in [0.25, 0.3) is 0 Å². The van der Waals surface area contributed by atoms with Crippen LogP contribution >= 0.6 is 0 Å². The average Bonchev–Trinajstić information content (AvgIpc) is 2.50. The second-order valence-electron chi connectivity index (χ2n) is 3.56. The third-order valence-electron chi connectivity index (χ3n) is 1.76. The van der Waals surface area contributed by atoms with Crippen molar-refractivity contribution in [3.8, 4) is 12.3 Å². The molecule has 0 aromatic heterocycles. The van der Waals surface area contributed by atoms with E-state index in [2.05, 4.69) is 15.4 Å². The van der Waals surface area contributed by atoms with Crippen molar-refractivity contribution in [1.82, 2.24) is 9.03 Å². The van der Waals surface area contributed by atoms with E-state index in [0.717, 1.165) is 0 Å². The Bertz CT molecular complexity index is 407. The molecule has 1 heterocycles. The van der Waals surface area contributed by atoms with Gasteiger partial charge in [-0.15, -0.1) is 6.42 Å². The second kappa shape index (κ2) is 3.72. The fourth-order valence-electron chi connectivity index (χ4n) is 1.00. The van der Waals surface area contributed by atoms with Crippen LogP contribution in [0.4, 0.5) is 4.79 Å². The zero-order valence-electron chi connectivity index (χ0n) is 8.48. The van der Waals surface area contributed by atoms with Gasteiger partial charge in [-0.3, -0.25) is 0 Å². The smallest absolute Gasteiger partial charge is 0.424 e. The molecule has 15 heavy (non-hydrogen) atoms. The number of carbonyl (C=O) groups is 1. The van der Waals surface area contributed by atoms with Crippen molar-refractivity contribution in [2.24, 2.45) is 0 Å². The Hall–Kier alpha value is -1.26. The van der Waals surface area contributed by atoms with Crippen molar-refractivity contribution in [3.05, 3.63) is 0 Å². The molecule has 0 radical (unpaired) electrons. The molecule has 0 atom stereocenters. The van der Waals surface area contributed by atoms with Gasteiger partial charge in [0.25, 0.3) is 0 Å². The number of rotatable bonds is 3. The maximum Gasteiger partial charge on any atom is 0.424 e. The van der Waals surface area contributed by atoms with Gasteiger partial charge in [0.2, 0.25) is 0 Å². The number of carbonyl (C=O) groups excluding carboxylic acids is 1. The molecule has 1 aliphatic heterocycles. The van der Waals surface area contributed by atoms with Crippen LogP contribution in [0, 0.1) is 12.3 Å². The van der Waals surface area contributed by atoms with Gasteiger partial charge in [0.1, 0.15) is 6.61 Å². The number of hydrogen-bond donors (Lipinski definition) is 1. The number of amides is 1. The van der Waals surface area contributed by atoms with Crippen LogP contribution in [0.15, 0.2) is 0 Å². The van der Waals surface area contributed by atoms with Crippen LogP contribution in [-0.4, -0.2) is 37.5 Å². The summed E-state index contributed by atoms with van der Waals surface area (Å²) in [5, 5.41) is 0.